The average molecular weight is 212 g/mol. The molecule has 5 heteroatoms. The maximum Gasteiger partial charge on any atom is 0.160 e. The van der Waals surface area contributed by atoms with E-state index in [0.29, 0.717) is 0 Å². The molecule has 0 amide bonds. The first-order valence-corrected chi connectivity index (χ1v) is 6.15. The lowest BCUT2D eigenvalue weighted by atomic mass is 10.1. The highest BCUT2D eigenvalue weighted by Gasteiger charge is 2.45. The fourth-order valence-electron chi connectivity index (χ4n) is 1.80. The second-order valence-corrected chi connectivity index (χ2v) is 5.59. The summed E-state index contributed by atoms with van der Waals surface area (Å²) in [4.78, 5) is 3.87. The van der Waals surface area contributed by atoms with Gasteiger partial charge in [-0.15, -0.1) is 0 Å². The van der Waals surface area contributed by atoms with Crippen LogP contribution in [0, 0.1) is 0 Å². The third kappa shape index (κ3) is 1.42. The Morgan fingerprint density at radius 2 is 2.07 bits per heavy atom. The van der Waals surface area contributed by atoms with Gasteiger partial charge in [0.05, 0.1) is 5.75 Å². The van der Waals surface area contributed by atoms with Gasteiger partial charge in [0.1, 0.15) is 5.25 Å². The number of sulfone groups is 1. The molecule has 0 aliphatic carbocycles. The first-order valence-electron chi connectivity index (χ1n) is 4.44. The maximum atomic E-state index is 11.5. The summed E-state index contributed by atoms with van der Waals surface area (Å²) in [5.74, 6) is 0.233. The van der Waals surface area contributed by atoms with E-state index < -0.39 is 15.1 Å². The molecule has 76 valence electrons. The highest BCUT2D eigenvalue weighted by molar-refractivity contribution is 7.93. The van der Waals surface area contributed by atoms with Crippen molar-refractivity contribution in [3.63, 3.8) is 0 Å². The second kappa shape index (κ2) is 3.33. The van der Waals surface area contributed by atoms with Crippen LogP contribution in [0.15, 0.2) is 24.5 Å². The number of pyridine rings is 1. The summed E-state index contributed by atoms with van der Waals surface area (Å²) in [6.07, 6.45) is 3.24. The summed E-state index contributed by atoms with van der Waals surface area (Å²) >= 11 is 0. The standard InChI is InChI=1S/C9H12N2O2S/c1-10-8-6-14(12,13)9(8)7-2-4-11-5-3-7/h2-5,8-10H,6H2,1H3. The highest BCUT2D eigenvalue weighted by Crippen LogP contribution is 2.35. The Hall–Kier alpha value is -0.940. The van der Waals surface area contributed by atoms with E-state index in [2.05, 4.69) is 10.3 Å². The molecule has 1 aromatic rings. The van der Waals surface area contributed by atoms with Gasteiger partial charge in [0, 0.05) is 18.4 Å². The fraction of sp³-hybridized carbons (Fsp3) is 0.444. The lowest BCUT2D eigenvalue weighted by molar-refractivity contribution is 0.482. The van der Waals surface area contributed by atoms with Crippen LogP contribution in [0.4, 0.5) is 0 Å². The number of likely N-dealkylation sites (N-methyl/N-ethyl adjacent to an activating group) is 1. The zero-order valence-corrected chi connectivity index (χ0v) is 8.66. The highest BCUT2D eigenvalue weighted by atomic mass is 32.2. The van der Waals surface area contributed by atoms with Crippen molar-refractivity contribution < 1.29 is 8.42 Å². The van der Waals surface area contributed by atoms with Crippen molar-refractivity contribution >= 4 is 9.84 Å². The van der Waals surface area contributed by atoms with E-state index in [1.807, 2.05) is 0 Å². The van der Waals surface area contributed by atoms with E-state index in [4.69, 9.17) is 0 Å². The molecule has 2 heterocycles. The van der Waals surface area contributed by atoms with Crippen molar-refractivity contribution in [1.29, 1.82) is 0 Å². The summed E-state index contributed by atoms with van der Waals surface area (Å²) in [7, 11) is -1.14. The molecule has 2 rings (SSSR count). The van der Waals surface area contributed by atoms with Crippen molar-refractivity contribution in [2.75, 3.05) is 12.8 Å². The van der Waals surface area contributed by atoms with Crippen molar-refractivity contribution in [2.45, 2.75) is 11.3 Å². The fourth-order valence-corrected chi connectivity index (χ4v) is 3.81. The maximum absolute atomic E-state index is 11.5. The van der Waals surface area contributed by atoms with Gasteiger partial charge in [-0.25, -0.2) is 8.42 Å². The molecule has 2 atom stereocenters. The zero-order valence-electron chi connectivity index (χ0n) is 7.84. The largest absolute Gasteiger partial charge is 0.314 e. The molecule has 2 unspecified atom stereocenters. The van der Waals surface area contributed by atoms with Gasteiger partial charge < -0.3 is 5.32 Å². The second-order valence-electron chi connectivity index (χ2n) is 3.43. The SMILES string of the molecule is CNC1CS(=O)(=O)C1c1ccncc1. The van der Waals surface area contributed by atoms with E-state index >= 15 is 0 Å². The summed E-state index contributed by atoms with van der Waals surface area (Å²) in [5, 5.41) is 2.61. The molecule has 1 N–H and O–H groups in total. The van der Waals surface area contributed by atoms with Gasteiger partial charge in [0.25, 0.3) is 0 Å². The van der Waals surface area contributed by atoms with Crippen molar-refractivity contribution in [3.05, 3.63) is 30.1 Å². The molecule has 1 aliphatic rings. The van der Waals surface area contributed by atoms with Gasteiger partial charge in [0.2, 0.25) is 0 Å². The van der Waals surface area contributed by atoms with Crippen LogP contribution in [0.1, 0.15) is 10.8 Å². The molecule has 0 aromatic carbocycles. The molecule has 0 saturated carbocycles. The molecular formula is C9H12N2O2S. The predicted molar refractivity (Wildman–Crippen MR) is 53.6 cm³/mol. The molecule has 1 aliphatic heterocycles. The molecule has 0 spiro atoms. The first-order chi connectivity index (χ1) is 6.65. The van der Waals surface area contributed by atoms with Gasteiger partial charge in [-0.05, 0) is 24.7 Å². The monoisotopic (exact) mass is 212 g/mol. The molecule has 0 bridgehead atoms. The minimum atomic E-state index is -2.93. The van der Waals surface area contributed by atoms with E-state index in [1.54, 1.807) is 31.6 Å². The van der Waals surface area contributed by atoms with Crippen LogP contribution in [0.2, 0.25) is 0 Å². The number of nitrogens with zero attached hydrogens (tertiary/aromatic N) is 1. The van der Waals surface area contributed by atoms with Gasteiger partial charge in [-0.3, -0.25) is 4.98 Å². The zero-order chi connectivity index (χ0) is 10.2. The van der Waals surface area contributed by atoms with Gasteiger partial charge in [-0.1, -0.05) is 0 Å². The van der Waals surface area contributed by atoms with Crippen LogP contribution in [0.3, 0.4) is 0 Å². The van der Waals surface area contributed by atoms with E-state index in [1.165, 1.54) is 0 Å². The third-order valence-electron chi connectivity index (χ3n) is 2.57. The number of aromatic nitrogens is 1. The normalized spacial score (nSPS) is 29.5. The molecule has 1 saturated heterocycles. The van der Waals surface area contributed by atoms with Crippen LogP contribution in [0.25, 0.3) is 0 Å². The lowest BCUT2D eigenvalue weighted by Crippen LogP contribution is -2.52. The summed E-state index contributed by atoms with van der Waals surface area (Å²) in [5.41, 5.74) is 0.825. The molecule has 1 fully saturated rings. The molecule has 1 aromatic heterocycles. The number of hydrogen-bond acceptors (Lipinski definition) is 4. The van der Waals surface area contributed by atoms with Gasteiger partial charge >= 0.3 is 0 Å². The Morgan fingerprint density at radius 1 is 1.43 bits per heavy atom. The van der Waals surface area contributed by atoms with E-state index in [0.717, 1.165) is 5.56 Å². The first kappa shape index (κ1) is 9.61. The molecule has 14 heavy (non-hydrogen) atoms. The quantitative estimate of drug-likeness (QED) is 0.757. The van der Waals surface area contributed by atoms with Gasteiger partial charge in [-0.2, -0.15) is 0 Å². The van der Waals surface area contributed by atoms with Crippen molar-refractivity contribution in [2.24, 2.45) is 0 Å². The number of nitrogens with one attached hydrogen (secondary N) is 1. The van der Waals surface area contributed by atoms with Gasteiger partial charge in [0.15, 0.2) is 9.84 Å². The Labute approximate surface area is 83.3 Å². The summed E-state index contributed by atoms with van der Waals surface area (Å²) < 4.78 is 23.1. The van der Waals surface area contributed by atoms with Crippen molar-refractivity contribution in [1.82, 2.24) is 10.3 Å². The average Bonchev–Trinajstić information content (AvgIpc) is 2.16. The Bertz CT molecular complexity index is 416. The smallest absolute Gasteiger partial charge is 0.160 e. The summed E-state index contributed by atoms with van der Waals surface area (Å²) in [6.45, 7) is 0. The molecule has 0 radical (unpaired) electrons. The minimum absolute atomic E-state index is 0.0439. The number of rotatable bonds is 2. The number of hydrogen-bond donors (Lipinski definition) is 1. The van der Waals surface area contributed by atoms with Crippen LogP contribution < -0.4 is 5.32 Å². The Morgan fingerprint density at radius 3 is 2.57 bits per heavy atom. The third-order valence-corrected chi connectivity index (χ3v) is 4.77. The van der Waals surface area contributed by atoms with Crippen LogP contribution in [0.5, 0.6) is 0 Å². The molecule has 4 nitrogen and oxygen atoms in total. The topological polar surface area (TPSA) is 59.1 Å². The van der Waals surface area contributed by atoms with Crippen LogP contribution >= 0.6 is 0 Å². The Balaban J connectivity index is 2.34. The summed E-state index contributed by atoms with van der Waals surface area (Å²) in [6, 6.07) is 3.56. The lowest BCUT2D eigenvalue weighted by Gasteiger charge is -2.36. The van der Waals surface area contributed by atoms with Crippen LogP contribution in [-0.2, 0) is 9.84 Å². The Kier molecular flexibility index (Phi) is 2.28. The predicted octanol–water partition coefficient (Wildman–Crippen LogP) is 0.139. The van der Waals surface area contributed by atoms with E-state index in [-0.39, 0.29) is 11.8 Å². The van der Waals surface area contributed by atoms with Crippen LogP contribution in [-0.4, -0.2) is 32.2 Å². The van der Waals surface area contributed by atoms with Crippen molar-refractivity contribution in [3.8, 4) is 0 Å². The minimum Gasteiger partial charge on any atom is -0.314 e. The van der Waals surface area contributed by atoms with E-state index in [9.17, 15) is 8.42 Å². The molecular weight excluding hydrogens is 200 g/mol.